The number of rotatable bonds is 3. The highest BCUT2D eigenvalue weighted by atomic mass is 19.1. The van der Waals surface area contributed by atoms with E-state index in [4.69, 9.17) is 9.84 Å². The van der Waals surface area contributed by atoms with Crippen molar-refractivity contribution in [3.05, 3.63) is 53.5 Å². The van der Waals surface area contributed by atoms with Crippen molar-refractivity contribution >= 4 is 0 Å². The summed E-state index contributed by atoms with van der Waals surface area (Å²) < 4.78 is 18.8. The summed E-state index contributed by atoms with van der Waals surface area (Å²) in [5.41, 5.74) is 1.57. The van der Waals surface area contributed by atoms with Gasteiger partial charge in [-0.3, -0.25) is 0 Å². The smallest absolute Gasteiger partial charge is 0.219 e. The van der Waals surface area contributed by atoms with Crippen LogP contribution in [0.4, 0.5) is 4.39 Å². The van der Waals surface area contributed by atoms with E-state index >= 15 is 0 Å². The lowest BCUT2D eigenvalue weighted by Crippen LogP contribution is -1.93. The molecule has 2 rings (SSSR count). The standard InChI is InChI=1S/C13H12FNO2/c1-9-2-3-11(14)12(6-9)17-13-7-10(8-16)4-5-15-13/h2-7,16H,8H2,1H3. The molecule has 17 heavy (non-hydrogen) atoms. The van der Waals surface area contributed by atoms with Crippen LogP contribution in [0, 0.1) is 12.7 Å². The number of aryl methyl sites for hydroxylation is 1. The van der Waals surface area contributed by atoms with E-state index in [-0.39, 0.29) is 18.2 Å². The van der Waals surface area contributed by atoms with Crippen molar-refractivity contribution in [3.63, 3.8) is 0 Å². The second-order valence-corrected chi connectivity index (χ2v) is 3.70. The number of halogens is 1. The highest BCUT2D eigenvalue weighted by molar-refractivity contribution is 5.33. The number of pyridine rings is 1. The van der Waals surface area contributed by atoms with Gasteiger partial charge >= 0.3 is 0 Å². The molecule has 1 aromatic heterocycles. The van der Waals surface area contributed by atoms with Crippen molar-refractivity contribution in [1.82, 2.24) is 4.98 Å². The third-order valence-corrected chi connectivity index (χ3v) is 2.28. The molecule has 0 unspecified atom stereocenters. The van der Waals surface area contributed by atoms with Gasteiger partial charge in [0.15, 0.2) is 11.6 Å². The van der Waals surface area contributed by atoms with Crippen molar-refractivity contribution in [2.75, 3.05) is 0 Å². The van der Waals surface area contributed by atoms with Crippen LogP contribution in [0.2, 0.25) is 0 Å². The van der Waals surface area contributed by atoms with Gasteiger partial charge in [0, 0.05) is 12.3 Å². The van der Waals surface area contributed by atoms with E-state index in [1.807, 2.05) is 6.92 Å². The Morgan fingerprint density at radius 2 is 2.12 bits per heavy atom. The summed E-state index contributed by atoms with van der Waals surface area (Å²) in [4.78, 5) is 3.95. The summed E-state index contributed by atoms with van der Waals surface area (Å²) in [6.07, 6.45) is 1.51. The van der Waals surface area contributed by atoms with Gasteiger partial charge in [-0.05, 0) is 36.2 Å². The molecule has 0 amide bonds. The van der Waals surface area contributed by atoms with Crippen LogP contribution in [-0.2, 0) is 6.61 Å². The maximum Gasteiger partial charge on any atom is 0.219 e. The highest BCUT2D eigenvalue weighted by Crippen LogP contribution is 2.24. The Kier molecular flexibility index (Phi) is 3.35. The molecule has 1 heterocycles. The maximum absolute atomic E-state index is 13.4. The van der Waals surface area contributed by atoms with Crippen LogP contribution in [0.1, 0.15) is 11.1 Å². The van der Waals surface area contributed by atoms with Gasteiger partial charge < -0.3 is 9.84 Å². The lowest BCUT2D eigenvalue weighted by Gasteiger charge is -2.07. The predicted octanol–water partition coefficient (Wildman–Crippen LogP) is 2.81. The molecule has 0 fully saturated rings. The molecule has 0 atom stereocenters. The zero-order chi connectivity index (χ0) is 12.3. The first-order valence-corrected chi connectivity index (χ1v) is 5.19. The fraction of sp³-hybridized carbons (Fsp3) is 0.154. The molecule has 0 saturated carbocycles. The van der Waals surface area contributed by atoms with Crippen molar-refractivity contribution in [2.24, 2.45) is 0 Å². The van der Waals surface area contributed by atoms with Gasteiger partial charge in [-0.2, -0.15) is 0 Å². The second-order valence-electron chi connectivity index (χ2n) is 3.70. The molecule has 2 aromatic rings. The number of aromatic nitrogens is 1. The first-order chi connectivity index (χ1) is 8.19. The van der Waals surface area contributed by atoms with E-state index in [0.29, 0.717) is 5.56 Å². The highest BCUT2D eigenvalue weighted by Gasteiger charge is 2.06. The fourth-order valence-corrected chi connectivity index (χ4v) is 1.41. The Labute approximate surface area is 98.5 Å². The van der Waals surface area contributed by atoms with Crippen LogP contribution < -0.4 is 4.74 Å². The molecular formula is C13H12FNO2. The van der Waals surface area contributed by atoms with E-state index < -0.39 is 5.82 Å². The van der Waals surface area contributed by atoms with Crippen molar-refractivity contribution < 1.29 is 14.2 Å². The number of hydrogen-bond donors (Lipinski definition) is 1. The summed E-state index contributed by atoms with van der Waals surface area (Å²) in [6.45, 7) is 1.75. The van der Waals surface area contributed by atoms with Crippen LogP contribution >= 0.6 is 0 Å². The first kappa shape index (κ1) is 11.5. The third kappa shape index (κ3) is 2.79. The zero-order valence-electron chi connectivity index (χ0n) is 9.35. The minimum atomic E-state index is -0.438. The molecule has 0 aliphatic carbocycles. The van der Waals surface area contributed by atoms with E-state index in [1.54, 1.807) is 24.3 Å². The van der Waals surface area contributed by atoms with Gasteiger partial charge in [0.2, 0.25) is 5.88 Å². The average molecular weight is 233 g/mol. The molecular weight excluding hydrogens is 221 g/mol. The normalized spacial score (nSPS) is 10.3. The number of ether oxygens (including phenoxy) is 1. The fourth-order valence-electron chi connectivity index (χ4n) is 1.41. The topological polar surface area (TPSA) is 42.4 Å². The van der Waals surface area contributed by atoms with Gasteiger partial charge in [0.05, 0.1) is 6.61 Å². The number of aliphatic hydroxyl groups excluding tert-OH is 1. The van der Waals surface area contributed by atoms with Gasteiger partial charge in [-0.1, -0.05) is 6.07 Å². The van der Waals surface area contributed by atoms with E-state index in [1.165, 1.54) is 12.3 Å². The average Bonchev–Trinajstić information content (AvgIpc) is 2.34. The van der Waals surface area contributed by atoms with Crippen molar-refractivity contribution in [2.45, 2.75) is 13.5 Å². The Hall–Kier alpha value is -1.94. The summed E-state index contributed by atoms with van der Waals surface area (Å²) in [6, 6.07) is 7.85. The van der Waals surface area contributed by atoms with Gasteiger partial charge in [0.1, 0.15) is 0 Å². The predicted molar refractivity (Wildman–Crippen MR) is 61.4 cm³/mol. The molecule has 0 bridgehead atoms. The summed E-state index contributed by atoms with van der Waals surface area (Å²) >= 11 is 0. The third-order valence-electron chi connectivity index (χ3n) is 2.28. The van der Waals surface area contributed by atoms with Gasteiger partial charge in [-0.25, -0.2) is 9.37 Å². The van der Waals surface area contributed by atoms with Crippen LogP contribution in [-0.4, -0.2) is 10.1 Å². The molecule has 1 aromatic carbocycles. The quantitative estimate of drug-likeness (QED) is 0.886. The van der Waals surface area contributed by atoms with Gasteiger partial charge in [0.25, 0.3) is 0 Å². The minimum Gasteiger partial charge on any atom is -0.436 e. The molecule has 88 valence electrons. The van der Waals surface area contributed by atoms with Crippen LogP contribution in [0.15, 0.2) is 36.5 Å². The summed E-state index contributed by atoms with van der Waals surface area (Å²) in [7, 11) is 0. The monoisotopic (exact) mass is 233 g/mol. The van der Waals surface area contributed by atoms with E-state index in [2.05, 4.69) is 4.98 Å². The molecule has 0 spiro atoms. The SMILES string of the molecule is Cc1ccc(F)c(Oc2cc(CO)ccn2)c1. The maximum atomic E-state index is 13.4. The Balaban J connectivity index is 2.27. The lowest BCUT2D eigenvalue weighted by molar-refractivity contribution is 0.281. The van der Waals surface area contributed by atoms with E-state index in [9.17, 15) is 4.39 Å². The molecule has 0 radical (unpaired) electrons. The van der Waals surface area contributed by atoms with Crippen LogP contribution in [0.5, 0.6) is 11.6 Å². The summed E-state index contributed by atoms with van der Waals surface area (Å²) in [5.74, 6) is -0.0413. The Morgan fingerprint density at radius 3 is 2.88 bits per heavy atom. The first-order valence-electron chi connectivity index (χ1n) is 5.19. The zero-order valence-corrected chi connectivity index (χ0v) is 9.35. The number of benzene rings is 1. The summed E-state index contributed by atoms with van der Waals surface area (Å²) in [5, 5.41) is 8.97. The molecule has 3 nitrogen and oxygen atoms in total. The molecule has 0 saturated heterocycles. The van der Waals surface area contributed by atoms with Crippen molar-refractivity contribution in [3.8, 4) is 11.6 Å². The largest absolute Gasteiger partial charge is 0.436 e. The molecule has 1 N–H and O–H groups in total. The molecule has 0 aliphatic rings. The van der Waals surface area contributed by atoms with Crippen LogP contribution in [0.25, 0.3) is 0 Å². The number of nitrogens with zero attached hydrogens (tertiary/aromatic N) is 1. The minimum absolute atomic E-state index is 0.102. The van der Waals surface area contributed by atoms with E-state index in [0.717, 1.165) is 5.56 Å². The second kappa shape index (κ2) is 4.93. The molecule has 0 aliphatic heterocycles. The lowest BCUT2D eigenvalue weighted by atomic mass is 10.2. The van der Waals surface area contributed by atoms with Crippen LogP contribution in [0.3, 0.4) is 0 Å². The number of aliphatic hydroxyl groups is 1. The Bertz CT molecular complexity index is 529. The Morgan fingerprint density at radius 1 is 1.29 bits per heavy atom. The number of hydrogen-bond acceptors (Lipinski definition) is 3. The van der Waals surface area contributed by atoms with Gasteiger partial charge in [-0.15, -0.1) is 0 Å². The van der Waals surface area contributed by atoms with Crippen molar-refractivity contribution in [1.29, 1.82) is 0 Å². The molecule has 4 heteroatoms.